The quantitative estimate of drug-likeness (QED) is 0.231. The fourth-order valence-electron chi connectivity index (χ4n) is 3.10. The molecule has 4 N–H and O–H groups in total. The summed E-state index contributed by atoms with van der Waals surface area (Å²) < 4.78 is 0.930. The lowest BCUT2D eigenvalue weighted by Crippen LogP contribution is -2.43. The van der Waals surface area contributed by atoms with Crippen molar-refractivity contribution in [2.75, 3.05) is 5.32 Å². The molecule has 0 aliphatic carbocycles. The number of H-pyrrole nitrogens is 1. The molecule has 0 aliphatic rings. The molecule has 0 unspecified atom stereocenters. The van der Waals surface area contributed by atoms with Crippen molar-refractivity contribution < 1.29 is 4.79 Å². The van der Waals surface area contributed by atoms with E-state index < -0.39 is 0 Å². The number of halogens is 1. The van der Waals surface area contributed by atoms with Crippen molar-refractivity contribution in [3.05, 3.63) is 81.8 Å². The summed E-state index contributed by atoms with van der Waals surface area (Å²) in [6, 6.07) is 19.0. The van der Waals surface area contributed by atoms with Gasteiger partial charge >= 0.3 is 0 Å². The van der Waals surface area contributed by atoms with Crippen molar-refractivity contribution in [2.45, 2.75) is 13.8 Å². The first kappa shape index (κ1) is 21.0. The monoisotopic (exact) mass is 493 g/mol. The molecule has 0 aliphatic heterocycles. The first-order valence-corrected chi connectivity index (χ1v) is 10.8. The van der Waals surface area contributed by atoms with Crippen molar-refractivity contribution in [3.8, 4) is 11.4 Å². The number of hydrogen-bond donors (Lipinski definition) is 4. The largest absolute Gasteiger partial charge is 0.338 e. The summed E-state index contributed by atoms with van der Waals surface area (Å²) in [7, 11) is 0. The van der Waals surface area contributed by atoms with Crippen LogP contribution in [0, 0.1) is 13.8 Å². The molecule has 1 heterocycles. The maximum atomic E-state index is 12.4. The minimum absolute atomic E-state index is 0.288. The minimum Gasteiger partial charge on any atom is -0.338 e. The molecule has 0 radical (unpaired) electrons. The molecule has 4 aromatic rings. The maximum absolute atomic E-state index is 12.4. The van der Waals surface area contributed by atoms with Gasteiger partial charge in [-0.2, -0.15) is 0 Å². The fraction of sp³-hybridized carbons (Fsp3) is 0.0870. The van der Waals surface area contributed by atoms with Crippen molar-refractivity contribution >= 4 is 55.9 Å². The van der Waals surface area contributed by atoms with E-state index in [2.05, 4.69) is 68.0 Å². The number of benzene rings is 3. The predicted molar refractivity (Wildman–Crippen MR) is 132 cm³/mol. The Balaban J connectivity index is 1.39. The number of carbonyl (C=O) groups is 1. The summed E-state index contributed by atoms with van der Waals surface area (Å²) in [4.78, 5) is 20.4. The lowest BCUT2D eigenvalue weighted by atomic mass is 10.1. The molecule has 0 saturated carbocycles. The average molecular weight is 494 g/mol. The van der Waals surface area contributed by atoms with Crippen LogP contribution in [0.15, 0.2) is 65.1 Å². The van der Waals surface area contributed by atoms with Gasteiger partial charge in [0.2, 0.25) is 0 Å². The Bertz CT molecular complexity index is 1240. The van der Waals surface area contributed by atoms with Crippen LogP contribution in [0.2, 0.25) is 0 Å². The summed E-state index contributed by atoms with van der Waals surface area (Å²) in [6.45, 7) is 4.15. The molecule has 8 heteroatoms. The predicted octanol–water partition coefficient (Wildman–Crippen LogP) is 5.24. The van der Waals surface area contributed by atoms with Crippen LogP contribution in [0.3, 0.4) is 0 Å². The normalized spacial score (nSPS) is 10.7. The zero-order valence-corrected chi connectivity index (χ0v) is 19.3. The van der Waals surface area contributed by atoms with Crippen LogP contribution in [-0.2, 0) is 0 Å². The van der Waals surface area contributed by atoms with Crippen LogP contribution in [0.4, 0.5) is 5.69 Å². The lowest BCUT2D eigenvalue weighted by molar-refractivity contribution is 0.0944. The van der Waals surface area contributed by atoms with Gasteiger partial charge in [-0.3, -0.25) is 15.6 Å². The number of rotatable bonds is 3. The maximum Gasteiger partial charge on any atom is 0.269 e. The highest BCUT2D eigenvalue weighted by Crippen LogP contribution is 2.23. The second-order valence-electron chi connectivity index (χ2n) is 7.16. The summed E-state index contributed by atoms with van der Waals surface area (Å²) >= 11 is 8.62. The Morgan fingerprint density at radius 3 is 2.48 bits per heavy atom. The van der Waals surface area contributed by atoms with Gasteiger partial charge in [-0.15, -0.1) is 0 Å². The highest BCUT2D eigenvalue weighted by Gasteiger charge is 2.10. The van der Waals surface area contributed by atoms with E-state index in [4.69, 9.17) is 12.2 Å². The lowest BCUT2D eigenvalue weighted by Gasteiger charge is -2.12. The molecule has 0 atom stereocenters. The molecular formula is C23H20BrN5OS. The van der Waals surface area contributed by atoms with E-state index >= 15 is 0 Å². The van der Waals surface area contributed by atoms with Gasteiger partial charge in [0.1, 0.15) is 5.82 Å². The molecule has 4 rings (SSSR count). The number of nitrogens with zero attached hydrogens (tertiary/aromatic N) is 1. The van der Waals surface area contributed by atoms with Gasteiger partial charge in [-0.05, 0) is 79.7 Å². The second kappa shape index (κ2) is 8.87. The first-order chi connectivity index (χ1) is 14.9. The molecule has 156 valence electrons. The fourth-order valence-corrected chi connectivity index (χ4v) is 3.67. The van der Waals surface area contributed by atoms with Crippen LogP contribution >= 0.6 is 28.1 Å². The SMILES string of the molecule is Cc1cc2nc(-c3ccc(C(=O)NNC(=S)Nc4cccc(Br)c4)cc3)[nH]c2cc1C. The number of fused-ring (bicyclic) bond motifs is 1. The third-order valence-corrected chi connectivity index (χ3v) is 5.59. The number of aromatic nitrogens is 2. The van der Waals surface area contributed by atoms with E-state index in [1.807, 2.05) is 36.4 Å². The van der Waals surface area contributed by atoms with Crippen molar-refractivity contribution in [3.63, 3.8) is 0 Å². The van der Waals surface area contributed by atoms with Gasteiger partial charge in [0.25, 0.3) is 5.91 Å². The molecule has 1 aromatic heterocycles. The molecule has 0 saturated heterocycles. The van der Waals surface area contributed by atoms with Crippen LogP contribution < -0.4 is 16.2 Å². The standard InChI is InChI=1S/C23H20BrN5OS/c1-13-10-19-20(11-14(13)2)27-21(26-19)15-6-8-16(9-7-15)22(30)28-29-23(31)25-18-5-3-4-17(24)12-18/h3-12H,1-2H3,(H,26,27)(H,28,30)(H2,25,29,31). The molecule has 0 spiro atoms. The van der Waals surface area contributed by atoms with E-state index in [1.54, 1.807) is 12.1 Å². The summed E-state index contributed by atoms with van der Waals surface area (Å²) in [5, 5.41) is 3.29. The van der Waals surface area contributed by atoms with Gasteiger partial charge in [0.15, 0.2) is 5.11 Å². The number of aromatic amines is 1. The minimum atomic E-state index is -0.291. The van der Waals surface area contributed by atoms with E-state index in [1.165, 1.54) is 11.1 Å². The summed E-state index contributed by atoms with van der Waals surface area (Å²) in [6.07, 6.45) is 0. The third-order valence-electron chi connectivity index (χ3n) is 4.89. The number of anilines is 1. The van der Waals surface area contributed by atoms with Crippen molar-refractivity contribution in [1.82, 2.24) is 20.8 Å². The molecule has 3 aromatic carbocycles. The molecule has 1 amide bonds. The molecule has 0 fully saturated rings. The molecule has 0 bridgehead atoms. The number of imidazole rings is 1. The number of hydrazine groups is 1. The average Bonchev–Trinajstić information content (AvgIpc) is 3.15. The van der Waals surface area contributed by atoms with Gasteiger partial charge in [-0.1, -0.05) is 34.1 Å². The highest BCUT2D eigenvalue weighted by molar-refractivity contribution is 9.10. The Morgan fingerprint density at radius 1 is 1.00 bits per heavy atom. The third kappa shape index (κ3) is 4.92. The van der Waals surface area contributed by atoms with Crippen LogP contribution in [-0.4, -0.2) is 21.0 Å². The summed E-state index contributed by atoms with van der Waals surface area (Å²) in [5.74, 6) is 0.477. The number of thiocarbonyl (C=S) groups is 1. The number of amides is 1. The van der Waals surface area contributed by atoms with Crippen molar-refractivity contribution in [1.29, 1.82) is 0 Å². The zero-order chi connectivity index (χ0) is 22.0. The van der Waals surface area contributed by atoms with Crippen LogP contribution in [0.25, 0.3) is 22.4 Å². The number of nitrogens with one attached hydrogen (secondary N) is 4. The number of carbonyl (C=O) groups excluding carboxylic acids is 1. The zero-order valence-electron chi connectivity index (χ0n) is 16.9. The Morgan fingerprint density at radius 2 is 1.74 bits per heavy atom. The van der Waals surface area contributed by atoms with Gasteiger partial charge in [0, 0.05) is 21.3 Å². The van der Waals surface area contributed by atoms with Crippen LogP contribution in [0.1, 0.15) is 21.5 Å². The molecule has 6 nitrogen and oxygen atoms in total. The smallest absolute Gasteiger partial charge is 0.269 e. The van der Waals surface area contributed by atoms with Gasteiger partial charge in [0.05, 0.1) is 11.0 Å². The number of aryl methyl sites for hydroxylation is 2. The van der Waals surface area contributed by atoms with Crippen molar-refractivity contribution in [2.24, 2.45) is 0 Å². The van der Waals surface area contributed by atoms with Gasteiger partial charge < -0.3 is 10.3 Å². The Hall–Kier alpha value is -3.23. The van der Waals surface area contributed by atoms with E-state index in [-0.39, 0.29) is 11.0 Å². The second-order valence-corrected chi connectivity index (χ2v) is 8.48. The van der Waals surface area contributed by atoms with E-state index in [9.17, 15) is 4.79 Å². The topological polar surface area (TPSA) is 81.8 Å². The Labute approximate surface area is 193 Å². The van der Waals surface area contributed by atoms with E-state index in [0.29, 0.717) is 5.56 Å². The highest BCUT2D eigenvalue weighted by atomic mass is 79.9. The molecule has 31 heavy (non-hydrogen) atoms. The first-order valence-electron chi connectivity index (χ1n) is 9.59. The Kier molecular flexibility index (Phi) is 6.01. The van der Waals surface area contributed by atoms with E-state index in [0.717, 1.165) is 32.6 Å². The summed E-state index contributed by atoms with van der Waals surface area (Å²) in [5.41, 5.74) is 11.9. The van der Waals surface area contributed by atoms with Gasteiger partial charge in [-0.25, -0.2) is 4.98 Å². The number of hydrogen-bond acceptors (Lipinski definition) is 3. The van der Waals surface area contributed by atoms with Crippen LogP contribution in [0.5, 0.6) is 0 Å². The molecular weight excluding hydrogens is 474 g/mol.